The number of carbonyl (C=O) groups is 1. The highest BCUT2D eigenvalue weighted by Gasteiger charge is 2.17. The number of nitrogens with zero attached hydrogens (tertiary/aromatic N) is 1. The van der Waals surface area contributed by atoms with Crippen LogP contribution < -0.4 is 5.32 Å². The summed E-state index contributed by atoms with van der Waals surface area (Å²) in [7, 11) is 1.39. The number of fused-ring (bicyclic) bond motifs is 1. The first-order chi connectivity index (χ1) is 11.2. The number of halogens is 1. The summed E-state index contributed by atoms with van der Waals surface area (Å²) in [5.41, 5.74) is 1.46. The molecule has 1 aliphatic heterocycles. The molecule has 2 heterocycles. The largest absolute Gasteiger partial charge is 0.465 e. The lowest BCUT2D eigenvalue weighted by Crippen LogP contribution is -2.32. The molecule has 122 valence electrons. The van der Waals surface area contributed by atoms with Gasteiger partial charge in [0, 0.05) is 24.2 Å². The molecule has 0 radical (unpaired) electrons. The first-order valence-corrected chi connectivity index (χ1v) is 8.34. The molecule has 1 aromatic heterocycles. The van der Waals surface area contributed by atoms with Crippen molar-refractivity contribution in [3.8, 4) is 0 Å². The molecular formula is C18H21ClN2O2. The molecule has 4 nitrogen and oxygen atoms in total. The van der Waals surface area contributed by atoms with Crippen molar-refractivity contribution in [3.63, 3.8) is 0 Å². The van der Waals surface area contributed by atoms with Crippen LogP contribution in [0.25, 0.3) is 10.9 Å². The highest BCUT2D eigenvalue weighted by molar-refractivity contribution is 6.36. The number of hydrogen-bond acceptors (Lipinski definition) is 3. The summed E-state index contributed by atoms with van der Waals surface area (Å²) in [5, 5.41) is 4.82. The van der Waals surface area contributed by atoms with Crippen LogP contribution in [0.4, 0.5) is 0 Å². The zero-order chi connectivity index (χ0) is 16.2. The average molecular weight is 333 g/mol. The van der Waals surface area contributed by atoms with Crippen molar-refractivity contribution in [1.29, 1.82) is 0 Å². The quantitative estimate of drug-likeness (QED) is 0.684. The van der Waals surface area contributed by atoms with E-state index in [1.54, 1.807) is 6.07 Å². The molecule has 1 aromatic carbocycles. The summed E-state index contributed by atoms with van der Waals surface area (Å²) in [6.45, 7) is 1.79. The molecule has 1 fully saturated rings. The number of esters is 1. The van der Waals surface area contributed by atoms with E-state index in [0.29, 0.717) is 23.2 Å². The minimum absolute atomic E-state index is 0.361. The minimum Gasteiger partial charge on any atom is -0.465 e. The van der Waals surface area contributed by atoms with E-state index in [-0.39, 0.29) is 5.97 Å². The van der Waals surface area contributed by atoms with E-state index >= 15 is 0 Å². The van der Waals surface area contributed by atoms with Gasteiger partial charge in [-0.05, 0) is 31.5 Å². The van der Waals surface area contributed by atoms with Gasteiger partial charge in [0.05, 0.1) is 23.2 Å². The first kappa shape index (κ1) is 16.1. The number of ether oxygens (including phenoxy) is 1. The van der Waals surface area contributed by atoms with Gasteiger partial charge in [-0.15, -0.1) is 0 Å². The number of piperidine rings is 1. The Morgan fingerprint density at radius 1 is 1.48 bits per heavy atom. The molecule has 23 heavy (non-hydrogen) atoms. The lowest BCUT2D eigenvalue weighted by molar-refractivity contribution is 0.0602. The Morgan fingerprint density at radius 2 is 2.35 bits per heavy atom. The standard InChI is InChI=1S/C18H21ClN2O2/c1-23-18(22)14-12-21(16-9-4-8-15(19)17(14)16)11-5-7-13-6-2-3-10-20-13/h4-5,7-9,12-13,20H,2-3,6,10-11H2,1H3/b7-5+. The smallest absolute Gasteiger partial charge is 0.340 e. The molecule has 0 amide bonds. The molecule has 0 bridgehead atoms. The lowest BCUT2D eigenvalue weighted by atomic mass is 10.0. The van der Waals surface area contributed by atoms with Crippen LogP contribution in [0.3, 0.4) is 0 Å². The van der Waals surface area contributed by atoms with Gasteiger partial charge in [-0.3, -0.25) is 0 Å². The molecule has 1 saturated heterocycles. The molecular weight excluding hydrogens is 312 g/mol. The maximum absolute atomic E-state index is 12.0. The zero-order valence-corrected chi connectivity index (χ0v) is 14.0. The summed E-state index contributed by atoms with van der Waals surface area (Å²) >= 11 is 6.28. The van der Waals surface area contributed by atoms with Crippen molar-refractivity contribution >= 4 is 28.5 Å². The van der Waals surface area contributed by atoms with Gasteiger partial charge in [0.1, 0.15) is 0 Å². The number of allylic oxidation sites excluding steroid dienone is 1. The van der Waals surface area contributed by atoms with Crippen molar-refractivity contribution in [1.82, 2.24) is 9.88 Å². The zero-order valence-electron chi connectivity index (χ0n) is 13.2. The Kier molecular flexibility index (Phi) is 5.03. The fourth-order valence-electron chi connectivity index (χ4n) is 3.11. The number of nitrogens with one attached hydrogen (secondary N) is 1. The van der Waals surface area contributed by atoms with Gasteiger partial charge in [-0.25, -0.2) is 4.79 Å². The topological polar surface area (TPSA) is 43.3 Å². The minimum atomic E-state index is -0.361. The van der Waals surface area contributed by atoms with E-state index in [4.69, 9.17) is 16.3 Å². The number of hydrogen-bond donors (Lipinski definition) is 1. The van der Waals surface area contributed by atoms with Gasteiger partial charge in [0.15, 0.2) is 0 Å². The summed E-state index contributed by atoms with van der Waals surface area (Å²) in [6, 6.07) is 6.12. The van der Waals surface area contributed by atoms with Gasteiger partial charge in [-0.2, -0.15) is 0 Å². The third kappa shape index (κ3) is 3.43. The SMILES string of the molecule is COC(=O)c1cn(C/C=C/C2CCCCN2)c2cccc(Cl)c12. The number of benzene rings is 1. The number of aromatic nitrogens is 1. The van der Waals surface area contributed by atoms with E-state index in [1.807, 2.05) is 22.9 Å². The molecule has 1 atom stereocenters. The molecule has 0 aliphatic carbocycles. The molecule has 1 unspecified atom stereocenters. The average Bonchev–Trinajstić information content (AvgIpc) is 2.95. The first-order valence-electron chi connectivity index (χ1n) is 7.96. The third-order valence-corrected chi connectivity index (χ3v) is 4.59. The summed E-state index contributed by atoms with van der Waals surface area (Å²) in [4.78, 5) is 12.0. The maximum Gasteiger partial charge on any atom is 0.340 e. The van der Waals surface area contributed by atoms with Crippen molar-refractivity contribution in [2.45, 2.75) is 31.8 Å². The van der Waals surface area contributed by atoms with E-state index in [0.717, 1.165) is 17.4 Å². The molecule has 1 aliphatic rings. The monoisotopic (exact) mass is 332 g/mol. The molecule has 1 N–H and O–H groups in total. The summed E-state index contributed by atoms with van der Waals surface area (Å²) < 4.78 is 6.91. The fourth-order valence-corrected chi connectivity index (χ4v) is 3.38. The van der Waals surface area contributed by atoms with Crippen LogP contribution in [-0.4, -0.2) is 30.2 Å². The van der Waals surface area contributed by atoms with Gasteiger partial charge in [-0.1, -0.05) is 36.2 Å². The third-order valence-electron chi connectivity index (χ3n) is 4.28. The molecule has 5 heteroatoms. The van der Waals surface area contributed by atoms with E-state index < -0.39 is 0 Å². The van der Waals surface area contributed by atoms with Gasteiger partial charge >= 0.3 is 5.97 Å². The van der Waals surface area contributed by atoms with Crippen LogP contribution in [0.15, 0.2) is 36.5 Å². The second kappa shape index (κ2) is 7.20. The Balaban J connectivity index is 1.87. The van der Waals surface area contributed by atoms with Gasteiger partial charge in [0.25, 0.3) is 0 Å². The highest BCUT2D eigenvalue weighted by atomic mass is 35.5. The predicted octanol–water partition coefficient (Wildman–Crippen LogP) is 3.78. The molecule has 3 rings (SSSR count). The van der Waals surface area contributed by atoms with Crippen molar-refractivity contribution in [2.24, 2.45) is 0 Å². The van der Waals surface area contributed by atoms with E-state index in [9.17, 15) is 4.79 Å². The fraction of sp³-hybridized carbons (Fsp3) is 0.389. The normalized spacial score (nSPS) is 18.6. The Labute approximate surface area is 141 Å². The Hall–Kier alpha value is -1.78. The van der Waals surface area contributed by atoms with Crippen LogP contribution >= 0.6 is 11.6 Å². The predicted molar refractivity (Wildman–Crippen MR) is 93.1 cm³/mol. The maximum atomic E-state index is 12.0. The van der Waals surface area contributed by atoms with Crippen LogP contribution in [0.2, 0.25) is 5.02 Å². The van der Waals surface area contributed by atoms with Crippen molar-refractivity contribution < 1.29 is 9.53 Å². The summed E-state index contributed by atoms with van der Waals surface area (Å²) in [5.74, 6) is -0.361. The Bertz CT molecular complexity index is 730. The van der Waals surface area contributed by atoms with Crippen molar-refractivity contribution in [3.05, 3.63) is 47.1 Å². The second-order valence-corrected chi connectivity index (χ2v) is 6.21. The summed E-state index contributed by atoms with van der Waals surface area (Å²) in [6.07, 6.45) is 9.89. The molecule has 2 aromatic rings. The van der Waals surface area contributed by atoms with Crippen LogP contribution in [0.1, 0.15) is 29.6 Å². The van der Waals surface area contributed by atoms with Crippen LogP contribution in [0.5, 0.6) is 0 Å². The van der Waals surface area contributed by atoms with Crippen molar-refractivity contribution in [2.75, 3.05) is 13.7 Å². The van der Waals surface area contributed by atoms with Crippen LogP contribution in [-0.2, 0) is 11.3 Å². The van der Waals surface area contributed by atoms with Gasteiger partial charge in [0.2, 0.25) is 0 Å². The number of rotatable bonds is 4. The second-order valence-electron chi connectivity index (χ2n) is 5.81. The molecule has 0 saturated carbocycles. The van der Waals surface area contributed by atoms with Crippen LogP contribution in [0, 0.1) is 0 Å². The lowest BCUT2D eigenvalue weighted by Gasteiger charge is -2.20. The molecule has 0 spiro atoms. The number of carbonyl (C=O) groups excluding carboxylic acids is 1. The van der Waals surface area contributed by atoms with Gasteiger partial charge < -0.3 is 14.6 Å². The van der Waals surface area contributed by atoms with E-state index in [1.165, 1.54) is 26.4 Å². The number of methoxy groups -OCH3 is 1. The Morgan fingerprint density at radius 3 is 3.09 bits per heavy atom. The van der Waals surface area contributed by atoms with E-state index in [2.05, 4.69) is 17.5 Å². The highest BCUT2D eigenvalue weighted by Crippen LogP contribution is 2.29.